The van der Waals surface area contributed by atoms with Gasteiger partial charge in [-0.3, -0.25) is 19.2 Å². The summed E-state index contributed by atoms with van der Waals surface area (Å²) in [5.74, 6) is -0.255. The van der Waals surface area contributed by atoms with Crippen molar-refractivity contribution in [2.75, 3.05) is 11.9 Å². The second-order valence-corrected chi connectivity index (χ2v) is 9.42. The lowest BCUT2D eigenvalue weighted by molar-refractivity contribution is -0.137. The number of nitrogens with one attached hydrogen (secondary N) is 2. The van der Waals surface area contributed by atoms with Gasteiger partial charge in [-0.1, -0.05) is 13.0 Å². The highest BCUT2D eigenvalue weighted by Crippen LogP contribution is 2.29. The molecule has 1 aliphatic rings. The predicted molar refractivity (Wildman–Crippen MR) is 138 cm³/mol. The van der Waals surface area contributed by atoms with E-state index in [9.17, 15) is 19.2 Å². The van der Waals surface area contributed by atoms with E-state index in [-0.39, 0.29) is 41.3 Å². The molecule has 3 aromatic heterocycles. The highest BCUT2D eigenvalue weighted by atomic mass is 16.2. The average Bonchev–Trinajstić information content (AvgIpc) is 3.45. The molecular formula is C27H26N6O4. The van der Waals surface area contributed by atoms with Gasteiger partial charge in [0.2, 0.25) is 11.8 Å². The van der Waals surface area contributed by atoms with Crippen molar-refractivity contribution in [3.8, 4) is 11.1 Å². The van der Waals surface area contributed by atoms with Crippen molar-refractivity contribution in [1.29, 1.82) is 0 Å². The maximum atomic E-state index is 13.5. The first-order valence-electron chi connectivity index (χ1n) is 12.0. The first-order valence-corrected chi connectivity index (χ1v) is 12.0. The monoisotopic (exact) mass is 498 g/mol. The molecule has 1 fully saturated rings. The van der Waals surface area contributed by atoms with E-state index in [4.69, 9.17) is 0 Å². The van der Waals surface area contributed by atoms with Crippen molar-refractivity contribution in [1.82, 2.24) is 24.6 Å². The summed E-state index contributed by atoms with van der Waals surface area (Å²) in [5.41, 5.74) is 2.79. The van der Waals surface area contributed by atoms with E-state index in [0.717, 1.165) is 22.0 Å². The van der Waals surface area contributed by atoms with Crippen molar-refractivity contribution in [2.24, 2.45) is 5.92 Å². The highest BCUT2D eigenvalue weighted by Gasteiger charge is 2.38. The van der Waals surface area contributed by atoms with Crippen LogP contribution in [0, 0.1) is 5.92 Å². The minimum Gasteiger partial charge on any atom is -0.348 e. The topological polar surface area (TPSA) is 130 Å². The molecule has 2 atom stereocenters. The fourth-order valence-electron chi connectivity index (χ4n) is 4.89. The number of aromatic nitrogens is 4. The maximum Gasteiger partial charge on any atom is 0.248 e. The number of hydrogen-bond donors (Lipinski definition) is 2. The number of H-pyrrole nitrogens is 1. The quantitative estimate of drug-likeness (QED) is 0.393. The molecule has 37 heavy (non-hydrogen) atoms. The zero-order chi connectivity index (χ0) is 26.1. The molecule has 10 nitrogen and oxygen atoms in total. The smallest absolute Gasteiger partial charge is 0.248 e. The van der Waals surface area contributed by atoms with E-state index >= 15 is 0 Å². The van der Waals surface area contributed by atoms with Crippen LogP contribution in [-0.2, 0) is 16.1 Å². The van der Waals surface area contributed by atoms with Gasteiger partial charge in [0, 0.05) is 53.1 Å². The Balaban J connectivity index is 1.41. The van der Waals surface area contributed by atoms with Crippen LogP contribution in [0.25, 0.3) is 22.0 Å². The molecule has 5 rings (SSSR count). The summed E-state index contributed by atoms with van der Waals surface area (Å²) < 4.78 is 1.76. The number of nitrogens with zero attached hydrogens (tertiary/aromatic N) is 4. The van der Waals surface area contributed by atoms with Crippen molar-refractivity contribution in [3.05, 3.63) is 77.0 Å². The molecule has 0 aliphatic carbocycles. The van der Waals surface area contributed by atoms with Crippen LogP contribution in [0.3, 0.4) is 0 Å². The Hall–Kier alpha value is -4.60. The lowest BCUT2D eigenvalue weighted by atomic mass is 10.0. The molecule has 4 heterocycles. The lowest BCUT2D eigenvalue weighted by Gasteiger charge is -2.24. The van der Waals surface area contributed by atoms with E-state index in [1.165, 1.54) is 25.3 Å². The normalized spacial score (nSPS) is 17.2. The van der Waals surface area contributed by atoms with E-state index in [0.29, 0.717) is 18.5 Å². The van der Waals surface area contributed by atoms with Gasteiger partial charge in [0.15, 0.2) is 11.2 Å². The molecule has 0 radical (unpaired) electrons. The van der Waals surface area contributed by atoms with Gasteiger partial charge < -0.3 is 19.8 Å². The van der Waals surface area contributed by atoms with Gasteiger partial charge in [-0.2, -0.15) is 10.2 Å². The number of amides is 2. The fourth-order valence-corrected chi connectivity index (χ4v) is 4.89. The molecule has 1 aromatic carbocycles. The van der Waals surface area contributed by atoms with E-state index in [2.05, 4.69) is 20.5 Å². The number of benzene rings is 1. The summed E-state index contributed by atoms with van der Waals surface area (Å²) >= 11 is 0. The largest absolute Gasteiger partial charge is 0.348 e. The lowest BCUT2D eigenvalue weighted by Crippen LogP contribution is -2.44. The molecule has 0 bridgehead atoms. The number of anilines is 1. The molecule has 0 saturated carbocycles. The number of ketones is 1. The first kappa shape index (κ1) is 24.1. The first-order chi connectivity index (χ1) is 17.8. The molecule has 0 spiro atoms. The van der Waals surface area contributed by atoms with Crippen LogP contribution in [0.5, 0.6) is 0 Å². The Bertz CT molecular complexity index is 1560. The third kappa shape index (κ3) is 4.90. The number of Topliss-reactive ketones (excluding diaryl/α,β-unsaturated/α-hetero) is 1. The number of hydrogen-bond acceptors (Lipinski definition) is 6. The van der Waals surface area contributed by atoms with Crippen molar-refractivity contribution >= 4 is 34.3 Å². The second-order valence-electron chi connectivity index (χ2n) is 9.42. The van der Waals surface area contributed by atoms with Crippen LogP contribution >= 0.6 is 0 Å². The third-order valence-corrected chi connectivity index (χ3v) is 6.65. The Morgan fingerprint density at radius 2 is 1.95 bits per heavy atom. The zero-order valence-electron chi connectivity index (χ0n) is 20.5. The molecule has 1 saturated heterocycles. The van der Waals surface area contributed by atoms with Gasteiger partial charge in [0.05, 0.1) is 12.4 Å². The minimum atomic E-state index is -0.661. The molecule has 10 heteroatoms. The molecule has 0 unspecified atom stereocenters. The number of aromatic amines is 1. The minimum absolute atomic E-state index is 0.0153. The van der Waals surface area contributed by atoms with Gasteiger partial charge in [-0.15, -0.1) is 0 Å². The van der Waals surface area contributed by atoms with Crippen LogP contribution in [-0.4, -0.2) is 54.8 Å². The van der Waals surface area contributed by atoms with E-state index in [1.54, 1.807) is 28.1 Å². The second kappa shape index (κ2) is 9.81. The van der Waals surface area contributed by atoms with Gasteiger partial charge in [-0.25, -0.2) is 0 Å². The van der Waals surface area contributed by atoms with Crippen LogP contribution in [0.4, 0.5) is 5.82 Å². The van der Waals surface area contributed by atoms with Crippen LogP contribution in [0.1, 0.15) is 30.6 Å². The summed E-state index contributed by atoms with van der Waals surface area (Å²) in [6.45, 7) is 3.92. The Morgan fingerprint density at radius 1 is 1.11 bits per heavy atom. The highest BCUT2D eigenvalue weighted by molar-refractivity contribution is 6.08. The summed E-state index contributed by atoms with van der Waals surface area (Å²) in [4.78, 5) is 54.9. The molecule has 2 amide bonds. The molecule has 1 aliphatic heterocycles. The van der Waals surface area contributed by atoms with Crippen LogP contribution < -0.4 is 10.7 Å². The van der Waals surface area contributed by atoms with Gasteiger partial charge in [-0.05, 0) is 43.0 Å². The Labute approximate surface area is 212 Å². The van der Waals surface area contributed by atoms with Crippen LogP contribution in [0.15, 0.2) is 66.0 Å². The van der Waals surface area contributed by atoms with Gasteiger partial charge in [0.1, 0.15) is 18.4 Å². The van der Waals surface area contributed by atoms with E-state index < -0.39 is 6.04 Å². The molecule has 4 aromatic rings. The summed E-state index contributed by atoms with van der Waals surface area (Å²) in [5, 5.41) is 11.2. The van der Waals surface area contributed by atoms with Crippen molar-refractivity contribution in [3.63, 3.8) is 0 Å². The van der Waals surface area contributed by atoms with Crippen molar-refractivity contribution < 1.29 is 14.4 Å². The number of carbonyl (C=O) groups excluding carboxylic acids is 3. The number of pyridine rings is 1. The van der Waals surface area contributed by atoms with Gasteiger partial charge in [0.25, 0.3) is 0 Å². The van der Waals surface area contributed by atoms with E-state index in [1.807, 2.05) is 31.2 Å². The zero-order valence-corrected chi connectivity index (χ0v) is 20.5. The van der Waals surface area contributed by atoms with Crippen LogP contribution in [0.2, 0.25) is 0 Å². The Morgan fingerprint density at radius 3 is 2.68 bits per heavy atom. The maximum absolute atomic E-state index is 13.5. The third-order valence-electron chi connectivity index (χ3n) is 6.65. The summed E-state index contributed by atoms with van der Waals surface area (Å²) in [6, 6.07) is 9.55. The standard InChI is InChI=1S/C27H26N6O4/c1-16-9-24(27(37)31-25-11-20(35)6-7-28-25)33(13-16)26(36)15-32-14-22(17(2)34)21-10-18(3-4-23(21)32)19-5-8-29-30-12-19/h3-8,10-12,14,16,24H,9,13,15H2,1-2H3,(H2,28,31,35,37)/t16-,24+/m1/s1. The fraction of sp³-hybridized carbons (Fsp3) is 0.259. The molecule has 188 valence electrons. The number of fused-ring (bicyclic) bond motifs is 1. The Kier molecular flexibility index (Phi) is 6.39. The van der Waals surface area contributed by atoms with Crippen molar-refractivity contribution in [2.45, 2.75) is 32.9 Å². The SMILES string of the molecule is CC(=O)c1cn(CC(=O)N2C[C@H](C)C[C@H]2C(=O)Nc2cc(=O)cc[nH]2)c2ccc(-c3ccnnc3)cc12. The van der Waals surface area contributed by atoms with Gasteiger partial charge >= 0.3 is 0 Å². The number of carbonyl (C=O) groups is 3. The predicted octanol–water partition coefficient (Wildman–Crippen LogP) is 2.86. The number of likely N-dealkylation sites (tertiary alicyclic amines) is 1. The number of rotatable bonds is 6. The molecule has 2 N–H and O–H groups in total. The average molecular weight is 499 g/mol. The molecular weight excluding hydrogens is 472 g/mol. The summed E-state index contributed by atoms with van der Waals surface area (Å²) in [7, 11) is 0. The summed E-state index contributed by atoms with van der Waals surface area (Å²) in [6.07, 6.45) is 6.93.